The van der Waals surface area contributed by atoms with Gasteiger partial charge in [0.25, 0.3) is 0 Å². The molecule has 0 aliphatic heterocycles. The van der Waals surface area contributed by atoms with E-state index in [4.69, 9.17) is 18.9 Å². The van der Waals surface area contributed by atoms with Crippen LogP contribution in [0.5, 0.6) is 0 Å². The molecule has 2 saturated carbocycles. The highest BCUT2D eigenvalue weighted by molar-refractivity contribution is 5.85. The van der Waals surface area contributed by atoms with Gasteiger partial charge in [0.2, 0.25) is 0 Å². The predicted molar refractivity (Wildman–Crippen MR) is 151 cm³/mol. The van der Waals surface area contributed by atoms with Gasteiger partial charge < -0.3 is 18.9 Å². The average molecular weight is 553 g/mol. The van der Waals surface area contributed by atoms with E-state index in [-0.39, 0.29) is 12.2 Å². The van der Waals surface area contributed by atoms with Crippen LogP contribution in [-0.4, -0.2) is 30.5 Å². The highest BCUT2D eigenvalue weighted by Crippen LogP contribution is 2.26. The summed E-state index contributed by atoms with van der Waals surface area (Å²) in [6, 6.07) is 14.2. The van der Waals surface area contributed by atoms with Gasteiger partial charge in [0, 0.05) is 11.4 Å². The first kappa shape index (κ1) is 29.2. The Bertz CT molecular complexity index is 1050. The van der Waals surface area contributed by atoms with Crippen molar-refractivity contribution in [3.8, 4) is 0 Å². The third-order valence-corrected chi connectivity index (χ3v) is 7.40. The number of nitrogens with one attached hydrogen (secondary N) is 2. The highest BCUT2D eigenvalue weighted by atomic mass is 16.7. The molecule has 2 unspecified atom stereocenters. The van der Waals surface area contributed by atoms with E-state index in [0.717, 1.165) is 51.4 Å². The molecule has 0 saturated heterocycles. The first-order valence-electron chi connectivity index (χ1n) is 14.4. The van der Waals surface area contributed by atoms with Crippen molar-refractivity contribution in [2.45, 2.75) is 102 Å². The standard InChI is InChI=1S/C31H40N2O7/c1-21(23-11-9-13-25(19-23)32-29(34)39-27-15-5-3-6-16-27)37-31(36)38-22(2)24-12-10-14-26(20-24)33-30(35)40-28-17-7-4-8-18-28/h9-14,19-22,27-28H,3-8,15-18H2,1-2H3,(H,32,34)(H,33,35). The van der Waals surface area contributed by atoms with E-state index in [1.165, 1.54) is 12.8 Å². The van der Waals surface area contributed by atoms with Crippen LogP contribution in [0.3, 0.4) is 0 Å². The van der Waals surface area contributed by atoms with Crippen LogP contribution in [0.25, 0.3) is 0 Å². The molecule has 2 aromatic carbocycles. The second-order valence-corrected chi connectivity index (χ2v) is 10.6. The summed E-state index contributed by atoms with van der Waals surface area (Å²) in [5, 5.41) is 5.52. The fraction of sp³-hybridized carbons (Fsp3) is 0.516. The molecule has 0 heterocycles. The molecule has 0 spiro atoms. The summed E-state index contributed by atoms with van der Waals surface area (Å²) in [6.45, 7) is 3.46. The van der Waals surface area contributed by atoms with Crippen LogP contribution in [0.15, 0.2) is 48.5 Å². The van der Waals surface area contributed by atoms with E-state index in [9.17, 15) is 14.4 Å². The van der Waals surface area contributed by atoms with E-state index < -0.39 is 30.5 Å². The molecule has 2 aromatic rings. The number of amides is 2. The van der Waals surface area contributed by atoms with Crippen LogP contribution in [0, 0.1) is 0 Å². The topological polar surface area (TPSA) is 112 Å². The molecular formula is C31H40N2O7. The molecule has 2 atom stereocenters. The van der Waals surface area contributed by atoms with E-state index >= 15 is 0 Å². The minimum absolute atomic E-state index is 0.0391. The zero-order valence-corrected chi connectivity index (χ0v) is 23.4. The summed E-state index contributed by atoms with van der Waals surface area (Å²) in [5.41, 5.74) is 2.51. The van der Waals surface area contributed by atoms with Crippen LogP contribution in [0.4, 0.5) is 25.8 Å². The third kappa shape index (κ3) is 9.17. The molecule has 40 heavy (non-hydrogen) atoms. The molecular weight excluding hydrogens is 512 g/mol. The van der Waals surface area contributed by atoms with Crippen molar-refractivity contribution < 1.29 is 33.3 Å². The second-order valence-electron chi connectivity index (χ2n) is 10.6. The van der Waals surface area contributed by atoms with Gasteiger partial charge >= 0.3 is 18.3 Å². The Kier molecular flexibility index (Phi) is 10.7. The number of rotatable bonds is 8. The van der Waals surface area contributed by atoms with Gasteiger partial charge in [-0.25, -0.2) is 14.4 Å². The number of benzene rings is 2. The average Bonchev–Trinajstić information content (AvgIpc) is 2.94. The number of carbonyl (C=O) groups excluding carboxylic acids is 3. The molecule has 2 aliphatic carbocycles. The lowest BCUT2D eigenvalue weighted by molar-refractivity contribution is 0.00624. The van der Waals surface area contributed by atoms with Crippen LogP contribution >= 0.6 is 0 Å². The molecule has 0 aromatic heterocycles. The summed E-state index contributed by atoms with van der Waals surface area (Å²) in [5.74, 6) is 0. The minimum Gasteiger partial charge on any atom is -0.446 e. The van der Waals surface area contributed by atoms with Crippen molar-refractivity contribution in [2.75, 3.05) is 10.6 Å². The fourth-order valence-corrected chi connectivity index (χ4v) is 5.15. The molecule has 2 aliphatic rings. The van der Waals surface area contributed by atoms with Gasteiger partial charge in [0.05, 0.1) is 0 Å². The molecule has 9 heteroatoms. The first-order valence-corrected chi connectivity index (χ1v) is 14.4. The third-order valence-electron chi connectivity index (χ3n) is 7.40. The lowest BCUT2D eigenvalue weighted by Gasteiger charge is -2.22. The number of carbonyl (C=O) groups is 3. The lowest BCUT2D eigenvalue weighted by atomic mass is 9.98. The second kappa shape index (κ2) is 14.6. The smallest absolute Gasteiger partial charge is 0.446 e. The Morgan fingerprint density at radius 2 is 1.05 bits per heavy atom. The van der Waals surface area contributed by atoms with Gasteiger partial charge in [-0.2, -0.15) is 0 Å². The summed E-state index contributed by atoms with van der Waals surface area (Å²) >= 11 is 0. The maximum Gasteiger partial charge on any atom is 0.509 e. The van der Waals surface area contributed by atoms with Crippen molar-refractivity contribution in [3.05, 3.63) is 59.7 Å². The van der Waals surface area contributed by atoms with Crippen molar-refractivity contribution in [2.24, 2.45) is 0 Å². The van der Waals surface area contributed by atoms with Crippen molar-refractivity contribution in [1.29, 1.82) is 0 Å². The fourth-order valence-electron chi connectivity index (χ4n) is 5.15. The zero-order valence-electron chi connectivity index (χ0n) is 23.4. The SMILES string of the molecule is CC(OC(=O)OC(C)c1cccc(NC(=O)OC2CCCCC2)c1)c1cccc(NC(=O)OC2CCCCC2)c1. The molecule has 2 N–H and O–H groups in total. The van der Waals surface area contributed by atoms with Crippen LogP contribution in [-0.2, 0) is 18.9 Å². The zero-order chi connectivity index (χ0) is 28.3. The normalized spacial score (nSPS) is 17.6. The maximum absolute atomic E-state index is 12.6. The maximum atomic E-state index is 12.6. The monoisotopic (exact) mass is 552 g/mol. The van der Waals surface area contributed by atoms with Gasteiger partial charge in [-0.3, -0.25) is 10.6 Å². The Hall–Kier alpha value is -3.75. The predicted octanol–water partition coefficient (Wildman–Crippen LogP) is 8.42. The Balaban J connectivity index is 1.25. The molecule has 2 fully saturated rings. The Morgan fingerprint density at radius 1 is 0.650 bits per heavy atom. The first-order chi connectivity index (χ1) is 19.4. The highest BCUT2D eigenvalue weighted by Gasteiger charge is 2.21. The molecule has 0 radical (unpaired) electrons. The van der Waals surface area contributed by atoms with Gasteiger partial charge in [0.15, 0.2) is 0 Å². The Labute approximate surface area is 235 Å². The van der Waals surface area contributed by atoms with Gasteiger partial charge in [-0.1, -0.05) is 37.1 Å². The summed E-state index contributed by atoms with van der Waals surface area (Å²) in [4.78, 5) is 37.2. The molecule has 9 nitrogen and oxygen atoms in total. The molecule has 2 amide bonds. The molecule has 0 bridgehead atoms. The number of ether oxygens (including phenoxy) is 4. The lowest BCUT2D eigenvalue weighted by Crippen LogP contribution is -2.24. The van der Waals surface area contributed by atoms with Crippen molar-refractivity contribution in [1.82, 2.24) is 0 Å². The van der Waals surface area contributed by atoms with Gasteiger partial charge in [-0.15, -0.1) is 0 Å². The van der Waals surface area contributed by atoms with Crippen LogP contribution in [0.2, 0.25) is 0 Å². The van der Waals surface area contributed by atoms with E-state index in [0.29, 0.717) is 22.5 Å². The van der Waals surface area contributed by atoms with Crippen LogP contribution in [0.1, 0.15) is 101 Å². The van der Waals surface area contributed by atoms with Crippen molar-refractivity contribution in [3.63, 3.8) is 0 Å². The number of anilines is 2. The largest absolute Gasteiger partial charge is 0.509 e. The number of hydrogen-bond acceptors (Lipinski definition) is 7. The Morgan fingerprint density at radius 3 is 1.45 bits per heavy atom. The van der Waals surface area contributed by atoms with E-state index in [1.54, 1.807) is 62.4 Å². The van der Waals surface area contributed by atoms with Gasteiger partial charge in [-0.05, 0) is 101 Å². The quantitative estimate of drug-likeness (QED) is 0.250. The van der Waals surface area contributed by atoms with Crippen molar-refractivity contribution >= 4 is 29.7 Å². The summed E-state index contributed by atoms with van der Waals surface area (Å²) in [7, 11) is 0. The molecule has 216 valence electrons. The van der Waals surface area contributed by atoms with Gasteiger partial charge in [0.1, 0.15) is 24.4 Å². The minimum atomic E-state index is -0.829. The van der Waals surface area contributed by atoms with E-state index in [2.05, 4.69) is 10.6 Å². The number of hydrogen-bond donors (Lipinski definition) is 2. The summed E-state index contributed by atoms with van der Waals surface area (Å²) in [6.07, 6.45) is 7.16. The van der Waals surface area contributed by atoms with E-state index in [1.807, 2.05) is 0 Å². The summed E-state index contributed by atoms with van der Waals surface area (Å²) < 4.78 is 22.0. The van der Waals surface area contributed by atoms with Crippen LogP contribution < -0.4 is 10.6 Å². The molecule has 4 rings (SSSR count).